The summed E-state index contributed by atoms with van der Waals surface area (Å²) in [7, 11) is 0. The van der Waals surface area contributed by atoms with Crippen molar-refractivity contribution in [3.8, 4) is 5.75 Å². The Hall–Kier alpha value is -1.10. The first-order valence-corrected chi connectivity index (χ1v) is 6.40. The average molecular weight is 251 g/mol. The smallest absolute Gasteiger partial charge is 0.178 e. The number of para-hydroxylation sites is 1. The number of hydrogen-bond donors (Lipinski definition) is 1. The average Bonchev–Trinajstić information content (AvgIpc) is 2.38. The van der Waals surface area contributed by atoms with Gasteiger partial charge in [0.1, 0.15) is 11.9 Å². The third-order valence-corrected chi connectivity index (χ3v) is 3.16. The van der Waals surface area contributed by atoms with Gasteiger partial charge < -0.3 is 14.6 Å². The molecule has 1 heterocycles. The molecule has 0 radical (unpaired) electrons. The van der Waals surface area contributed by atoms with Crippen LogP contribution in [0.1, 0.15) is 12.5 Å². The van der Waals surface area contributed by atoms with E-state index in [0.29, 0.717) is 13.2 Å². The molecule has 1 aliphatic heterocycles. The number of ether oxygens (including phenoxy) is 2. The Balaban J connectivity index is 2.08. The molecule has 1 aromatic rings. The zero-order valence-electron chi connectivity index (χ0n) is 11.0. The summed E-state index contributed by atoms with van der Waals surface area (Å²) in [5.41, 5.74) is 1.08. The molecular weight excluding hydrogens is 230 g/mol. The molecule has 2 rings (SSSR count). The van der Waals surface area contributed by atoms with Crippen LogP contribution in [0, 0.1) is 6.92 Å². The summed E-state index contributed by atoms with van der Waals surface area (Å²) in [6.45, 7) is 6.75. The minimum Gasteiger partial charge on any atom is -0.472 e. The first-order valence-electron chi connectivity index (χ1n) is 6.40. The largest absolute Gasteiger partial charge is 0.472 e. The van der Waals surface area contributed by atoms with Gasteiger partial charge in [0.25, 0.3) is 0 Å². The Morgan fingerprint density at radius 2 is 1.94 bits per heavy atom. The molecule has 0 aromatic heterocycles. The summed E-state index contributed by atoms with van der Waals surface area (Å²) >= 11 is 0. The van der Waals surface area contributed by atoms with Gasteiger partial charge in [-0.25, -0.2) is 0 Å². The van der Waals surface area contributed by atoms with Crippen LogP contribution in [-0.4, -0.2) is 48.6 Å². The van der Waals surface area contributed by atoms with Crippen LogP contribution in [-0.2, 0) is 4.74 Å². The lowest BCUT2D eigenvalue weighted by atomic mass is 10.2. The molecular formula is C14H21NO3. The number of hydrogen-bond acceptors (Lipinski definition) is 4. The van der Waals surface area contributed by atoms with Crippen molar-refractivity contribution in [3.63, 3.8) is 0 Å². The van der Waals surface area contributed by atoms with Crippen LogP contribution in [0.15, 0.2) is 24.3 Å². The minimum atomic E-state index is -0.539. The first kappa shape index (κ1) is 13.3. The van der Waals surface area contributed by atoms with Crippen LogP contribution < -0.4 is 4.74 Å². The molecule has 1 aliphatic rings. The van der Waals surface area contributed by atoms with Crippen molar-refractivity contribution >= 4 is 0 Å². The quantitative estimate of drug-likeness (QED) is 0.878. The van der Waals surface area contributed by atoms with Gasteiger partial charge in [-0.05, 0) is 25.5 Å². The van der Waals surface area contributed by atoms with Gasteiger partial charge in [0.2, 0.25) is 0 Å². The Morgan fingerprint density at radius 3 is 2.56 bits per heavy atom. The van der Waals surface area contributed by atoms with E-state index in [1.54, 1.807) is 6.92 Å². The third kappa shape index (κ3) is 3.22. The van der Waals surface area contributed by atoms with Crippen molar-refractivity contribution < 1.29 is 14.6 Å². The Labute approximate surface area is 108 Å². The van der Waals surface area contributed by atoms with Crippen LogP contribution in [0.2, 0.25) is 0 Å². The van der Waals surface area contributed by atoms with Gasteiger partial charge in [0.05, 0.1) is 13.2 Å². The molecule has 1 aromatic carbocycles. The summed E-state index contributed by atoms with van der Waals surface area (Å²) in [4.78, 5) is 2.13. The lowest BCUT2D eigenvalue weighted by Crippen LogP contribution is -2.51. The predicted octanol–water partition coefficient (Wildman–Crippen LogP) is 1.41. The van der Waals surface area contributed by atoms with E-state index < -0.39 is 6.10 Å². The second-order valence-corrected chi connectivity index (χ2v) is 4.66. The monoisotopic (exact) mass is 251 g/mol. The molecule has 4 nitrogen and oxygen atoms in total. The van der Waals surface area contributed by atoms with E-state index in [2.05, 4.69) is 4.90 Å². The number of aryl methyl sites for hydroxylation is 1. The maximum absolute atomic E-state index is 9.91. The van der Waals surface area contributed by atoms with Gasteiger partial charge in [0.15, 0.2) is 6.23 Å². The lowest BCUT2D eigenvalue weighted by molar-refractivity contribution is -0.0943. The summed E-state index contributed by atoms with van der Waals surface area (Å²) in [6, 6.07) is 7.87. The van der Waals surface area contributed by atoms with Crippen LogP contribution in [0.5, 0.6) is 5.75 Å². The van der Waals surface area contributed by atoms with Crippen LogP contribution in [0.4, 0.5) is 0 Å². The van der Waals surface area contributed by atoms with Gasteiger partial charge in [-0.15, -0.1) is 0 Å². The first-order chi connectivity index (χ1) is 8.68. The lowest BCUT2D eigenvalue weighted by Gasteiger charge is -2.36. The highest BCUT2D eigenvalue weighted by Gasteiger charge is 2.27. The van der Waals surface area contributed by atoms with E-state index in [-0.39, 0.29) is 6.23 Å². The fourth-order valence-corrected chi connectivity index (χ4v) is 2.13. The fourth-order valence-electron chi connectivity index (χ4n) is 2.13. The van der Waals surface area contributed by atoms with Crippen molar-refractivity contribution in [2.75, 3.05) is 26.3 Å². The Kier molecular flexibility index (Phi) is 4.58. The van der Waals surface area contributed by atoms with Crippen LogP contribution in [0.3, 0.4) is 0 Å². The third-order valence-electron chi connectivity index (χ3n) is 3.16. The highest BCUT2D eigenvalue weighted by atomic mass is 16.5. The number of benzene rings is 1. The molecule has 100 valence electrons. The fraction of sp³-hybridized carbons (Fsp3) is 0.571. The van der Waals surface area contributed by atoms with Crippen molar-refractivity contribution in [2.24, 2.45) is 0 Å². The normalized spacial score (nSPS) is 20.4. The molecule has 1 N–H and O–H groups in total. The van der Waals surface area contributed by atoms with E-state index in [1.165, 1.54) is 0 Å². The second kappa shape index (κ2) is 6.18. The molecule has 2 atom stereocenters. The van der Waals surface area contributed by atoms with E-state index >= 15 is 0 Å². The second-order valence-electron chi connectivity index (χ2n) is 4.66. The molecule has 0 amide bonds. The zero-order valence-corrected chi connectivity index (χ0v) is 11.0. The zero-order chi connectivity index (χ0) is 13.0. The van der Waals surface area contributed by atoms with Crippen LogP contribution >= 0.6 is 0 Å². The van der Waals surface area contributed by atoms with Crippen LogP contribution in [0.25, 0.3) is 0 Å². The molecule has 0 bridgehead atoms. The SMILES string of the molecule is Cc1ccccc1OC(C(C)O)N1CCOCC1. The van der Waals surface area contributed by atoms with Gasteiger partial charge in [-0.3, -0.25) is 4.90 Å². The summed E-state index contributed by atoms with van der Waals surface area (Å²) in [5, 5.41) is 9.91. The van der Waals surface area contributed by atoms with E-state index in [1.807, 2.05) is 31.2 Å². The molecule has 0 aliphatic carbocycles. The molecule has 2 unspecified atom stereocenters. The maximum atomic E-state index is 9.91. The van der Waals surface area contributed by atoms with E-state index in [0.717, 1.165) is 24.4 Å². The van der Waals surface area contributed by atoms with Crippen molar-refractivity contribution in [1.82, 2.24) is 4.90 Å². The molecule has 4 heteroatoms. The summed E-state index contributed by atoms with van der Waals surface area (Å²) in [5.74, 6) is 0.829. The molecule has 0 saturated carbocycles. The molecule has 0 spiro atoms. The Bertz CT molecular complexity index is 375. The number of rotatable bonds is 4. The van der Waals surface area contributed by atoms with E-state index in [9.17, 15) is 5.11 Å². The van der Waals surface area contributed by atoms with Gasteiger partial charge in [-0.1, -0.05) is 18.2 Å². The van der Waals surface area contributed by atoms with Crippen molar-refractivity contribution in [3.05, 3.63) is 29.8 Å². The van der Waals surface area contributed by atoms with Gasteiger partial charge in [-0.2, -0.15) is 0 Å². The topological polar surface area (TPSA) is 41.9 Å². The highest BCUT2D eigenvalue weighted by Crippen LogP contribution is 2.20. The molecule has 1 fully saturated rings. The van der Waals surface area contributed by atoms with Gasteiger partial charge in [0, 0.05) is 13.1 Å². The maximum Gasteiger partial charge on any atom is 0.178 e. The Morgan fingerprint density at radius 1 is 1.28 bits per heavy atom. The number of nitrogens with zero attached hydrogens (tertiary/aromatic N) is 1. The minimum absolute atomic E-state index is 0.310. The molecule has 18 heavy (non-hydrogen) atoms. The number of aliphatic hydroxyl groups is 1. The summed E-state index contributed by atoms with van der Waals surface area (Å²) < 4.78 is 11.3. The van der Waals surface area contributed by atoms with Crippen molar-refractivity contribution in [1.29, 1.82) is 0 Å². The van der Waals surface area contributed by atoms with Crippen molar-refractivity contribution in [2.45, 2.75) is 26.2 Å². The van der Waals surface area contributed by atoms with E-state index in [4.69, 9.17) is 9.47 Å². The summed E-state index contributed by atoms with van der Waals surface area (Å²) in [6.07, 6.45) is -0.849. The highest BCUT2D eigenvalue weighted by molar-refractivity contribution is 5.31. The predicted molar refractivity (Wildman–Crippen MR) is 69.7 cm³/mol. The van der Waals surface area contributed by atoms with Gasteiger partial charge >= 0.3 is 0 Å². The number of aliphatic hydroxyl groups excluding tert-OH is 1. The standard InChI is InChI=1S/C14H21NO3/c1-11-5-3-4-6-13(11)18-14(12(2)16)15-7-9-17-10-8-15/h3-6,12,14,16H,7-10H2,1-2H3. The molecule has 1 saturated heterocycles. The number of morpholine rings is 1.